The fourth-order valence-electron chi connectivity index (χ4n) is 2.01. The molecule has 2 N–H and O–H groups in total. The molecule has 0 fully saturated rings. The second kappa shape index (κ2) is 9.26. The van der Waals surface area contributed by atoms with Crippen LogP contribution in [0.4, 0.5) is 9.18 Å². The molecular weight excluding hydrogens is 291 g/mol. The summed E-state index contributed by atoms with van der Waals surface area (Å²) in [5, 5.41) is 5.46. The summed E-state index contributed by atoms with van der Waals surface area (Å²) in [6.45, 7) is 0.869. The summed E-state index contributed by atoms with van der Waals surface area (Å²) in [5.41, 5.74) is 1.98. The number of urea groups is 1. The van der Waals surface area contributed by atoms with E-state index < -0.39 is 0 Å². The Hall–Kier alpha value is -2.80. The third-order valence-electron chi connectivity index (χ3n) is 3.18. The number of benzene rings is 2. The van der Waals surface area contributed by atoms with Crippen LogP contribution >= 0.6 is 0 Å². The number of hydrogen-bond acceptors (Lipinski definition) is 1. The second-order valence-electron chi connectivity index (χ2n) is 5.01. The first kappa shape index (κ1) is 16.6. The topological polar surface area (TPSA) is 41.1 Å². The number of hydrogen-bond donors (Lipinski definition) is 2. The van der Waals surface area contributed by atoms with Crippen LogP contribution in [-0.4, -0.2) is 19.1 Å². The number of amides is 2. The van der Waals surface area contributed by atoms with Crippen molar-refractivity contribution in [1.82, 2.24) is 10.6 Å². The molecule has 2 rings (SSSR count). The Morgan fingerprint density at radius 2 is 1.74 bits per heavy atom. The van der Waals surface area contributed by atoms with Crippen LogP contribution in [0.3, 0.4) is 0 Å². The smallest absolute Gasteiger partial charge is 0.315 e. The van der Waals surface area contributed by atoms with Gasteiger partial charge in [0, 0.05) is 12.1 Å². The molecule has 0 aliphatic heterocycles. The highest BCUT2D eigenvalue weighted by Crippen LogP contribution is 2.01. The van der Waals surface area contributed by atoms with Gasteiger partial charge in [-0.15, -0.1) is 0 Å². The SMILES string of the molecule is O=C(NCC#Cc1ccc(F)cc1)NCCCc1ccccc1. The van der Waals surface area contributed by atoms with Crippen molar-refractivity contribution in [3.05, 3.63) is 71.5 Å². The van der Waals surface area contributed by atoms with Gasteiger partial charge in [-0.3, -0.25) is 0 Å². The van der Waals surface area contributed by atoms with Gasteiger partial charge in [-0.2, -0.15) is 0 Å². The maximum atomic E-state index is 12.7. The molecule has 0 aromatic heterocycles. The summed E-state index contributed by atoms with van der Waals surface area (Å²) in [5.74, 6) is 5.39. The fourth-order valence-corrected chi connectivity index (χ4v) is 2.01. The molecule has 0 atom stereocenters. The van der Waals surface area contributed by atoms with E-state index in [0.29, 0.717) is 6.54 Å². The first-order chi connectivity index (χ1) is 11.2. The number of halogens is 1. The zero-order valence-corrected chi connectivity index (χ0v) is 12.8. The minimum Gasteiger partial charge on any atom is -0.338 e. The van der Waals surface area contributed by atoms with Crippen LogP contribution in [0.25, 0.3) is 0 Å². The number of carbonyl (C=O) groups excluding carboxylic acids is 1. The lowest BCUT2D eigenvalue weighted by Gasteiger charge is -2.05. The first-order valence-electron chi connectivity index (χ1n) is 7.54. The summed E-state index contributed by atoms with van der Waals surface area (Å²) >= 11 is 0. The molecule has 0 heterocycles. The standard InChI is InChI=1S/C19H19FN2O/c20-18-12-10-17(11-13-18)9-5-15-22-19(23)21-14-4-8-16-6-2-1-3-7-16/h1-3,6-7,10-13H,4,8,14-15H2,(H2,21,22,23). The Kier molecular flexibility index (Phi) is 6.67. The van der Waals surface area contributed by atoms with Crippen LogP contribution in [-0.2, 0) is 6.42 Å². The van der Waals surface area contributed by atoms with Gasteiger partial charge in [-0.05, 0) is 42.7 Å². The molecule has 0 spiro atoms. The van der Waals surface area contributed by atoms with Gasteiger partial charge in [0.05, 0.1) is 6.54 Å². The summed E-state index contributed by atoms with van der Waals surface area (Å²) in [6.07, 6.45) is 1.82. The molecule has 0 unspecified atom stereocenters. The molecule has 4 heteroatoms. The third kappa shape index (κ3) is 6.66. The molecule has 118 valence electrons. The number of aryl methyl sites for hydroxylation is 1. The van der Waals surface area contributed by atoms with Crippen molar-refractivity contribution in [1.29, 1.82) is 0 Å². The Labute approximate surface area is 135 Å². The average Bonchev–Trinajstić information content (AvgIpc) is 2.58. The number of nitrogens with one attached hydrogen (secondary N) is 2. The molecule has 2 aromatic carbocycles. The van der Waals surface area contributed by atoms with Gasteiger partial charge >= 0.3 is 6.03 Å². The van der Waals surface area contributed by atoms with Crippen molar-refractivity contribution >= 4 is 6.03 Å². The van der Waals surface area contributed by atoms with E-state index >= 15 is 0 Å². The van der Waals surface area contributed by atoms with E-state index in [1.165, 1.54) is 17.7 Å². The number of carbonyl (C=O) groups is 1. The van der Waals surface area contributed by atoms with E-state index in [9.17, 15) is 9.18 Å². The van der Waals surface area contributed by atoms with Crippen molar-refractivity contribution < 1.29 is 9.18 Å². The maximum Gasteiger partial charge on any atom is 0.315 e. The van der Waals surface area contributed by atoms with Crippen LogP contribution in [0.15, 0.2) is 54.6 Å². The molecule has 3 nitrogen and oxygen atoms in total. The van der Waals surface area contributed by atoms with E-state index in [4.69, 9.17) is 0 Å². The van der Waals surface area contributed by atoms with Gasteiger partial charge in [0.1, 0.15) is 5.82 Å². The third-order valence-corrected chi connectivity index (χ3v) is 3.18. The lowest BCUT2D eigenvalue weighted by atomic mass is 10.1. The number of rotatable bonds is 5. The molecule has 0 aliphatic rings. The minimum absolute atomic E-state index is 0.230. The lowest BCUT2D eigenvalue weighted by Crippen LogP contribution is -2.36. The molecule has 0 saturated heterocycles. The molecule has 23 heavy (non-hydrogen) atoms. The van der Waals surface area contributed by atoms with Crippen LogP contribution in [0, 0.1) is 17.7 Å². The minimum atomic E-state index is -0.288. The molecule has 0 saturated carbocycles. The Morgan fingerprint density at radius 1 is 1.00 bits per heavy atom. The Balaban J connectivity index is 1.59. The van der Waals surface area contributed by atoms with Crippen molar-refractivity contribution in [2.24, 2.45) is 0 Å². The van der Waals surface area contributed by atoms with Crippen LogP contribution in [0.1, 0.15) is 17.5 Å². The van der Waals surface area contributed by atoms with Crippen molar-refractivity contribution in [2.75, 3.05) is 13.1 Å². The van der Waals surface area contributed by atoms with Gasteiger partial charge < -0.3 is 10.6 Å². The van der Waals surface area contributed by atoms with Gasteiger partial charge in [0.25, 0.3) is 0 Å². The van der Waals surface area contributed by atoms with Gasteiger partial charge in [-0.25, -0.2) is 9.18 Å². The van der Waals surface area contributed by atoms with Gasteiger partial charge in [0.15, 0.2) is 0 Å². The zero-order valence-electron chi connectivity index (χ0n) is 12.8. The van der Waals surface area contributed by atoms with Crippen LogP contribution < -0.4 is 10.6 Å². The molecule has 2 aromatic rings. The van der Waals surface area contributed by atoms with Crippen LogP contribution in [0.2, 0.25) is 0 Å². The monoisotopic (exact) mass is 310 g/mol. The lowest BCUT2D eigenvalue weighted by molar-refractivity contribution is 0.242. The molecule has 0 bridgehead atoms. The van der Waals surface area contributed by atoms with E-state index in [0.717, 1.165) is 18.4 Å². The highest BCUT2D eigenvalue weighted by atomic mass is 19.1. The van der Waals surface area contributed by atoms with Gasteiger partial charge in [-0.1, -0.05) is 42.2 Å². The molecule has 0 aliphatic carbocycles. The van der Waals surface area contributed by atoms with E-state index in [-0.39, 0.29) is 18.4 Å². The van der Waals surface area contributed by atoms with Crippen LogP contribution in [0.5, 0.6) is 0 Å². The average molecular weight is 310 g/mol. The molecule has 2 amide bonds. The normalized spacial score (nSPS) is 9.61. The van der Waals surface area contributed by atoms with E-state index in [2.05, 4.69) is 34.6 Å². The summed E-state index contributed by atoms with van der Waals surface area (Å²) in [6, 6.07) is 15.8. The predicted octanol–water partition coefficient (Wildman–Crippen LogP) is 3.11. The quantitative estimate of drug-likeness (QED) is 0.646. The van der Waals surface area contributed by atoms with Crippen molar-refractivity contribution in [3.8, 4) is 11.8 Å². The van der Waals surface area contributed by atoms with E-state index in [1.54, 1.807) is 12.1 Å². The Bertz CT molecular complexity index is 672. The summed E-state index contributed by atoms with van der Waals surface area (Å²) in [7, 11) is 0. The Morgan fingerprint density at radius 3 is 2.48 bits per heavy atom. The fraction of sp³-hybridized carbons (Fsp3) is 0.211. The van der Waals surface area contributed by atoms with Crippen molar-refractivity contribution in [2.45, 2.75) is 12.8 Å². The van der Waals surface area contributed by atoms with E-state index in [1.807, 2.05) is 18.2 Å². The van der Waals surface area contributed by atoms with Gasteiger partial charge in [0.2, 0.25) is 0 Å². The highest BCUT2D eigenvalue weighted by molar-refractivity contribution is 5.74. The largest absolute Gasteiger partial charge is 0.338 e. The van der Waals surface area contributed by atoms with Crippen molar-refractivity contribution in [3.63, 3.8) is 0 Å². The summed E-state index contributed by atoms with van der Waals surface area (Å²) < 4.78 is 12.7. The zero-order chi connectivity index (χ0) is 16.3. The summed E-state index contributed by atoms with van der Waals surface area (Å²) in [4.78, 5) is 11.6. The first-order valence-corrected chi connectivity index (χ1v) is 7.54. The molecular formula is C19H19FN2O. The predicted molar refractivity (Wildman–Crippen MR) is 89.4 cm³/mol. The maximum absolute atomic E-state index is 12.7. The second-order valence-corrected chi connectivity index (χ2v) is 5.01. The molecule has 0 radical (unpaired) electrons. The highest BCUT2D eigenvalue weighted by Gasteiger charge is 1.97.